The second kappa shape index (κ2) is 6.87. The number of nitrogens with one attached hydrogen (secondary N) is 1. The van der Waals surface area contributed by atoms with E-state index >= 15 is 0 Å². The van der Waals surface area contributed by atoms with Crippen LogP contribution in [0.25, 0.3) is 0 Å². The lowest BCUT2D eigenvalue weighted by Crippen LogP contribution is -2.49. The summed E-state index contributed by atoms with van der Waals surface area (Å²) in [6, 6.07) is 5.25. The molecule has 0 spiro atoms. The van der Waals surface area contributed by atoms with E-state index in [0.29, 0.717) is 12.0 Å². The first kappa shape index (κ1) is 15.9. The SMILES string of the molecule is CCNC(Cc1cccc(OC)c1F)C(C)(C)OC. The van der Waals surface area contributed by atoms with Crippen LogP contribution in [0.3, 0.4) is 0 Å². The fourth-order valence-corrected chi connectivity index (χ4v) is 2.04. The molecule has 0 fully saturated rings. The highest BCUT2D eigenvalue weighted by atomic mass is 19.1. The summed E-state index contributed by atoms with van der Waals surface area (Å²) in [5.74, 6) is -0.0113. The Hall–Kier alpha value is -1.13. The van der Waals surface area contributed by atoms with Gasteiger partial charge in [0, 0.05) is 13.2 Å². The Labute approximate surface area is 115 Å². The highest BCUT2D eigenvalue weighted by Gasteiger charge is 2.29. The molecule has 1 rings (SSSR count). The van der Waals surface area contributed by atoms with Crippen LogP contribution in [0.2, 0.25) is 0 Å². The van der Waals surface area contributed by atoms with Gasteiger partial charge in [0.25, 0.3) is 0 Å². The molecular weight excluding hydrogens is 245 g/mol. The Morgan fingerprint density at radius 3 is 2.53 bits per heavy atom. The molecule has 1 atom stereocenters. The van der Waals surface area contributed by atoms with Crippen LogP contribution in [-0.4, -0.2) is 32.4 Å². The summed E-state index contributed by atoms with van der Waals surface area (Å²) in [5, 5.41) is 3.35. The van der Waals surface area contributed by atoms with Crippen LogP contribution in [-0.2, 0) is 11.2 Å². The molecule has 1 unspecified atom stereocenters. The zero-order chi connectivity index (χ0) is 14.5. The first-order chi connectivity index (χ1) is 8.96. The third-order valence-electron chi connectivity index (χ3n) is 3.50. The fourth-order valence-electron chi connectivity index (χ4n) is 2.04. The Bertz CT molecular complexity index is 407. The van der Waals surface area contributed by atoms with Crippen molar-refractivity contribution >= 4 is 0 Å². The van der Waals surface area contributed by atoms with E-state index in [0.717, 1.165) is 6.54 Å². The zero-order valence-electron chi connectivity index (χ0n) is 12.4. The predicted molar refractivity (Wildman–Crippen MR) is 75.2 cm³/mol. The zero-order valence-corrected chi connectivity index (χ0v) is 12.4. The average Bonchev–Trinajstić information content (AvgIpc) is 2.40. The van der Waals surface area contributed by atoms with Crippen molar-refractivity contribution in [2.75, 3.05) is 20.8 Å². The largest absolute Gasteiger partial charge is 0.494 e. The third-order valence-corrected chi connectivity index (χ3v) is 3.50. The van der Waals surface area contributed by atoms with Gasteiger partial charge >= 0.3 is 0 Å². The molecule has 0 aliphatic carbocycles. The summed E-state index contributed by atoms with van der Waals surface area (Å²) in [6.45, 7) is 6.83. The van der Waals surface area contributed by atoms with Crippen molar-refractivity contribution in [2.45, 2.75) is 38.8 Å². The monoisotopic (exact) mass is 269 g/mol. The normalized spacial score (nSPS) is 13.4. The van der Waals surface area contributed by atoms with Crippen LogP contribution in [0.5, 0.6) is 5.75 Å². The molecule has 0 saturated heterocycles. The summed E-state index contributed by atoms with van der Waals surface area (Å²) in [5.41, 5.74) is 0.265. The van der Waals surface area contributed by atoms with Crippen molar-refractivity contribution in [1.29, 1.82) is 0 Å². The van der Waals surface area contributed by atoms with E-state index in [-0.39, 0.29) is 23.2 Å². The summed E-state index contributed by atoms with van der Waals surface area (Å²) in [4.78, 5) is 0. The van der Waals surface area contributed by atoms with Gasteiger partial charge in [-0.25, -0.2) is 4.39 Å². The van der Waals surface area contributed by atoms with E-state index in [4.69, 9.17) is 9.47 Å². The van der Waals surface area contributed by atoms with Gasteiger partial charge in [0.2, 0.25) is 0 Å². The van der Waals surface area contributed by atoms with E-state index in [1.165, 1.54) is 7.11 Å². The molecule has 0 amide bonds. The molecule has 19 heavy (non-hydrogen) atoms. The Morgan fingerprint density at radius 1 is 1.32 bits per heavy atom. The van der Waals surface area contributed by atoms with Gasteiger partial charge in [0.05, 0.1) is 12.7 Å². The van der Waals surface area contributed by atoms with E-state index in [9.17, 15) is 4.39 Å². The number of hydrogen-bond acceptors (Lipinski definition) is 3. The molecule has 108 valence electrons. The molecule has 0 aromatic heterocycles. The summed E-state index contributed by atoms with van der Waals surface area (Å²) < 4.78 is 24.7. The van der Waals surface area contributed by atoms with Gasteiger partial charge < -0.3 is 14.8 Å². The van der Waals surface area contributed by atoms with Crippen molar-refractivity contribution < 1.29 is 13.9 Å². The molecule has 0 saturated carbocycles. The summed E-state index contributed by atoms with van der Waals surface area (Å²) >= 11 is 0. The van der Waals surface area contributed by atoms with Gasteiger partial charge in [-0.2, -0.15) is 0 Å². The fraction of sp³-hybridized carbons (Fsp3) is 0.600. The van der Waals surface area contributed by atoms with Gasteiger partial charge in [0.15, 0.2) is 11.6 Å². The van der Waals surface area contributed by atoms with Crippen LogP contribution in [0.1, 0.15) is 26.3 Å². The molecule has 0 aliphatic rings. The molecule has 1 aromatic rings. The lowest BCUT2D eigenvalue weighted by atomic mass is 9.91. The van der Waals surface area contributed by atoms with Gasteiger partial charge in [-0.1, -0.05) is 19.1 Å². The molecule has 1 N–H and O–H groups in total. The lowest BCUT2D eigenvalue weighted by Gasteiger charge is -2.34. The van der Waals surface area contributed by atoms with E-state index < -0.39 is 0 Å². The quantitative estimate of drug-likeness (QED) is 0.825. The van der Waals surface area contributed by atoms with Gasteiger partial charge in [-0.3, -0.25) is 0 Å². The van der Waals surface area contributed by atoms with Crippen LogP contribution >= 0.6 is 0 Å². The Balaban J connectivity index is 2.97. The number of likely N-dealkylation sites (N-methyl/N-ethyl adjacent to an activating group) is 1. The predicted octanol–water partition coefficient (Wildman–Crippen LogP) is 2.78. The number of ether oxygens (including phenoxy) is 2. The van der Waals surface area contributed by atoms with Crippen molar-refractivity contribution in [1.82, 2.24) is 5.32 Å². The highest BCUT2D eigenvalue weighted by Crippen LogP contribution is 2.24. The molecule has 1 aromatic carbocycles. The number of benzene rings is 1. The molecule has 4 heteroatoms. The smallest absolute Gasteiger partial charge is 0.168 e. The van der Waals surface area contributed by atoms with E-state index in [2.05, 4.69) is 5.32 Å². The van der Waals surface area contributed by atoms with Gasteiger partial charge in [-0.15, -0.1) is 0 Å². The summed E-state index contributed by atoms with van der Waals surface area (Å²) in [7, 11) is 3.15. The minimum Gasteiger partial charge on any atom is -0.494 e. The van der Waals surface area contributed by atoms with Gasteiger partial charge in [0.1, 0.15) is 0 Å². The minimum absolute atomic E-state index is 0.0316. The van der Waals surface area contributed by atoms with E-state index in [1.807, 2.05) is 20.8 Å². The molecule has 3 nitrogen and oxygen atoms in total. The Kier molecular flexibility index (Phi) is 5.76. The molecule has 0 bridgehead atoms. The molecule has 0 radical (unpaired) electrons. The molecule has 0 aliphatic heterocycles. The van der Waals surface area contributed by atoms with Crippen molar-refractivity contribution in [3.8, 4) is 5.75 Å². The number of halogens is 1. The van der Waals surface area contributed by atoms with Crippen LogP contribution in [0.4, 0.5) is 4.39 Å². The van der Waals surface area contributed by atoms with E-state index in [1.54, 1.807) is 25.3 Å². The van der Waals surface area contributed by atoms with Crippen LogP contribution in [0.15, 0.2) is 18.2 Å². The maximum absolute atomic E-state index is 14.2. The van der Waals surface area contributed by atoms with Gasteiger partial charge in [-0.05, 0) is 38.4 Å². The molecular formula is C15H24FNO2. The first-order valence-electron chi connectivity index (χ1n) is 6.56. The average molecular weight is 269 g/mol. The number of methoxy groups -OCH3 is 2. The number of hydrogen-bond donors (Lipinski definition) is 1. The van der Waals surface area contributed by atoms with Crippen molar-refractivity contribution in [3.05, 3.63) is 29.6 Å². The second-order valence-electron chi connectivity index (χ2n) is 5.06. The van der Waals surface area contributed by atoms with Crippen molar-refractivity contribution in [2.24, 2.45) is 0 Å². The third kappa shape index (κ3) is 3.91. The highest BCUT2D eigenvalue weighted by molar-refractivity contribution is 5.31. The summed E-state index contributed by atoms with van der Waals surface area (Å²) in [6.07, 6.45) is 0.553. The lowest BCUT2D eigenvalue weighted by molar-refractivity contribution is -0.00980. The first-order valence-corrected chi connectivity index (χ1v) is 6.56. The van der Waals surface area contributed by atoms with Crippen molar-refractivity contribution in [3.63, 3.8) is 0 Å². The molecule has 0 heterocycles. The maximum atomic E-state index is 14.2. The second-order valence-corrected chi connectivity index (χ2v) is 5.06. The standard InChI is InChI=1S/C15H24FNO2/c1-6-17-13(15(2,3)19-5)10-11-8-7-9-12(18-4)14(11)16/h7-9,13,17H,6,10H2,1-5H3. The van der Waals surface area contributed by atoms with Crippen LogP contribution in [0, 0.1) is 5.82 Å². The number of rotatable bonds is 7. The topological polar surface area (TPSA) is 30.5 Å². The maximum Gasteiger partial charge on any atom is 0.168 e. The minimum atomic E-state index is -0.370. The van der Waals surface area contributed by atoms with Crippen LogP contribution < -0.4 is 10.1 Å². The Morgan fingerprint density at radius 2 is 2.00 bits per heavy atom.